The first-order chi connectivity index (χ1) is 15.7. The molecule has 9 heteroatoms. The van der Waals surface area contributed by atoms with Crippen LogP contribution in [0.3, 0.4) is 0 Å². The molecule has 0 aliphatic carbocycles. The number of sulfonamides is 1. The highest BCUT2D eigenvalue weighted by Gasteiger charge is 2.29. The number of hydrogen-bond donors (Lipinski definition) is 2. The summed E-state index contributed by atoms with van der Waals surface area (Å²) >= 11 is 1.23. The Hall–Kier alpha value is -3.14. The van der Waals surface area contributed by atoms with Gasteiger partial charge in [-0.05, 0) is 35.7 Å². The Morgan fingerprint density at radius 1 is 0.939 bits per heavy atom. The molecule has 0 aliphatic rings. The molecule has 2 N–H and O–H groups in total. The number of aryl methyl sites for hydroxylation is 1. The third-order valence-electron chi connectivity index (χ3n) is 5.22. The second-order valence-corrected chi connectivity index (χ2v) is 10.8. The van der Waals surface area contributed by atoms with E-state index in [1.165, 1.54) is 11.3 Å². The number of amides is 1. The molecule has 1 atom stereocenters. The lowest BCUT2D eigenvalue weighted by molar-refractivity contribution is -0.118. The van der Waals surface area contributed by atoms with Crippen molar-refractivity contribution in [3.05, 3.63) is 72.3 Å². The van der Waals surface area contributed by atoms with Gasteiger partial charge in [0.1, 0.15) is 11.0 Å². The highest BCUT2D eigenvalue weighted by Crippen LogP contribution is 2.27. The SMILES string of the molecule is Cc1ccc(-c2nnc(NC(=O)C(NS(=O)(=O)c3ccc4ccccc4c3)C(C)C)s2)cc1. The molecule has 0 fully saturated rings. The summed E-state index contributed by atoms with van der Waals surface area (Å²) in [6, 6.07) is 19.3. The fraction of sp³-hybridized carbons (Fsp3) is 0.208. The van der Waals surface area contributed by atoms with Crippen LogP contribution in [0, 0.1) is 12.8 Å². The Bertz CT molecular complexity index is 1400. The largest absolute Gasteiger partial charge is 0.299 e. The molecule has 7 nitrogen and oxygen atoms in total. The smallest absolute Gasteiger partial charge is 0.244 e. The summed E-state index contributed by atoms with van der Waals surface area (Å²) in [5.41, 5.74) is 2.03. The van der Waals surface area contributed by atoms with Crippen molar-refractivity contribution in [2.75, 3.05) is 5.32 Å². The Kier molecular flexibility index (Phi) is 6.55. The number of nitrogens with one attached hydrogen (secondary N) is 2. The molecule has 0 aliphatic heterocycles. The van der Waals surface area contributed by atoms with E-state index in [-0.39, 0.29) is 10.8 Å². The van der Waals surface area contributed by atoms with Crippen LogP contribution in [0.15, 0.2) is 71.6 Å². The molecule has 1 amide bonds. The first-order valence-corrected chi connectivity index (χ1v) is 12.8. The summed E-state index contributed by atoms with van der Waals surface area (Å²) in [6.45, 7) is 5.57. The summed E-state index contributed by atoms with van der Waals surface area (Å²) in [5, 5.41) is 13.6. The Labute approximate surface area is 196 Å². The molecule has 0 saturated heterocycles. The van der Waals surface area contributed by atoms with Gasteiger partial charge in [-0.2, -0.15) is 4.72 Å². The van der Waals surface area contributed by atoms with Gasteiger partial charge in [0.15, 0.2) is 0 Å². The van der Waals surface area contributed by atoms with E-state index in [2.05, 4.69) is 20.2 Å². The molecular weight excluding hydrogens is 456 g/mol. The van der Waals surface area contributed by atoms with Crippen LogP contribution in [-0.4, -0.2) is 30.6 Å². The summed E-state index contributed by atoms with van der Waals surface area (Å²) < 4.78 is 28.7. The van der Waals surface area contributed by atoms with E-state index in [0.717, 1.165) is 21.9 Å². The van der Waals surface area contributed by atoms with Crippen LogP contribution in [-0.2, 0) is 14.8 Å². The van der Waals surface area contributed by atoms with Gasteiger partial charge in [0.05, 0.1) is 4.90 Å². The van der Waals surface area contributed by atoms with Crippen LogP contribution in [0.2, 0.25) is 0 Å². The fourth-order valence-corrected chi connectivity index (χ4v) is 5.46. The molecule has 0 bridgehead atoms. The topological polar surface area (TPSA) is 101 Å². The molecule has 33 heavy (non-hydrogen) atoms. The minimum atomic E-state index is -3.92. The third-order valence-corrected chi connectivity index (χ3v) is 7.54. The van der Waals surface area contributed by atoms with E-state index in [4.69, 9.17) is 0 Å². The highest BCUT2D eigenvalue weighted by molar-refractivity contribution is 7.89. The second kappa shape index (κ2) is 9.38. The average molecular weight is 481 g/mol. The summed E-state index contributed by atoms with van der Waals surface area (Å²) in [6.07, 6.45) is 0. The van der Waals surface area contributed by atoms with Crippen molar-refractivity contribution in [1.29, 1.82) is 0 Å². The molecule has 1 unspecified atom stereocenters. The van der Waals surface area contributed by atoms with E-state index < -0.39 is 22.0 Å². The van der Waals surface area contributed by atoms with Crippen molar-refractivity contribution >= 4 is 43.2 Å². The number of hydrogen-bond acceptors (Lipinski definition) is 6. The predicted octanol–water partition coefficient (Wildman–Crippen LogP) is 4.61. The molecule has 0 radical (unpaired) electrons. The van der Waals surface area contributed by atoms with Crippen molar-refractivity contribution in [1.82, 2.24) is 14.9 Å². The standard InChI is InChI=1S/C24H24N4O3S2/c1-15(2)21(28-33(30,31)20-13-12-17-6-4-5-7-19(17)14-20)22(29)25-24-27-26-23(32-24)18-10-8-16(3)9-11-18/h4-15,21,28H,1-3H3,(H,25,27,29). The molecule has 3 aromatic carbocycles. The molecule has 4 rings (SSSR count). The minimum Gasteiger partial charge on any atom is -0.299 e. The molecular formula is C24H24N4O3S2. The van der Waals surface area contributed by atoms with Crippen LogP contribution < -0.4 is 10.0 Å². The fourth-order valence-electron chi connectivity index (χ4n) is 3.33. The number of fused-ring (bicyclic) bond motifs is 1. The van der Waals surface area contributed by atoms with E-state index in [1.54, 1.807) is 32.0 Å². The molecule has 1 aromatic heterocycles. The van der Waals surface area contributed by atoms with E-state index in [0.29, 0.717) is 10.1 Å². The van der Waals surface area contributed by atoms with Crippen LogP contribution >= 0.6 is 11.3 Å². The number of carbonyl (C=O) groups is 1. The predicted molar refractivity (Wildman–Crippen MR) is 132 cm³/mol. The maximum Gasteiger partial charge on any atom is 0.244 e. The Morgan fingerprint density at radius 2 is 1.64 bits per heavy atom. The summed E-state index contributed by atoms with van der Waals surface area (Å²) in [5.74, 6) is -0.773. The van der Waals surface area contributed by atoms with Crippen LogP contribution in [0.5, 0.6) is 0 Å². The van der Waals surface area contributed by atoms with Crippen molar-refractivity contribution in [2.24, 2.45) is 5.92 Å². The van der Waals surface area contributed by atoms with Gasteiger partial charge in [-0.15, -0.1) is 10.2 Å². The van der Waals surface area contributed by atoms with Gasteiger partial charge >= 0.3 is 0 Å². The first kappa shape index (κ1) is 23.0. The normalized spacial score (nSPS) is 12.7. The zero-order valence-electron chi connectivity index (χ0n) is 18.4. The zero-order valence-corrected chi connectivity index (χ0v) is 20.1. The highest BCUT2D eigenvalue weighted by atomic mass is 32.2. The maximum absolute atomic E-state index is 13.0. The number of nitrogens with zero attached hydrogens (tertiary/aromatic N) is 2. The van der Waals surface area contributed by atoms with Gasteiger partial charge < -0.3 is 0 Å². The second-order valence-electron chi connectivity index (χ2n) is 8.12. The first-order valence-electron chi connectivity index (χ1n) is 10.5. The monoisotopic (exact) mass is 480 g/mol. The number of carbonyl (C=O) groups excluding carboxylic acids is 1. The Balaban J connectivity index is 1.52. The number of anilines is 1. The van der Waals surface area contributed by atoms with E-state index >= 15 is 0 Å². The summed E-state index contributed by atoms with van der Waals surface area (Å²) in [4.78, 5) is 13.1. The van der Waals surface area contributed by atoms with Gasteiger partial charge in [-0.1, -0.05) is 85.3 Å². The maximum atomic E-state index is 13.0. The lowest BCUT2D eigenvalue weighted by atomic mass is 10.1. The Morgan fingerprint density at radius 3 is 2.33 bits per heavy atom. The minimum absolute atomic E-state index is 0.109. The number of rotatable bonds is 7. The van der Waals surface area contributed by atoms with Crippen LogP contribution in [0.25, 0.3) is 21.3 Å². The van der Waals surface area contributed by atoms with Gasteiger partial charge in [0.2, 0.25) is 21.1 Å². The number of aromatic nitrogens is 2. The van der Waals surface area contributed by atoms with E-state index in [9.17, 15) is 13.2 Å². The van der Waals surface area contributed by atoms with Gasteiger partial charge in [-0.3, -0.25) is 10.1 Å². The number of benzene rings is 3. The molecule has 0 saturated carbocycles. The van der Waals surface area contributed by atoms with Gasteiger partial charge in [-0.25, -0.2) is 8.42 Å². The molecule has 0 spiro atoms. The third kappa shape index (κ3) is 5.27. The van der Waals surface area contributed by atoms with Crippen molar-refractivity contribution in [3.8, 4) is 10.6 Å². The van der Waals surface area contributed by atoms with Gasteiger partial charge in [0, 0.05) is 5.56 Å². The average Bonchev–Trinajstić information content (AvgIpc) is 3.25. The lowest BCUT2D eigenvalue weighted by Crippen LogP contribution is -2.47. The van der Waals surface area contributed by atoms with Crippen LogP contribution in [0.4, 0.5) is 5.13 Å². The quantitative estimate of drug-likeness (QED) is 0.402. The van der Waals surface area contributed by atoms with Crippen molar-refractivity contribution < 1.29 is 13.2 Å². The van der Waals surface area contributed by atoms with E-state index in [1.807, 2.05) is 55.5 Å². The molecule has 170 valence electrons. The lowest BCUT2D eigenvalue weighted by Gasteiger charge is -2.21. The van der Waals surface area contributed by atoms with Crippen molar-refractivity contribution in [2.45, 2.75) is 31.7 Å². The van der Waals surface area contributed by atoms with Gasteiger partial charge in [0.25, 0.3) is 0 Å². The molecule has 4 aromatic rings. The van der Waals surface area contributed by atoms with Crippen LogP contribution in [0.1, 0.15) is 19.4 Å². The molecule has 1 heterocycles. The van der Waals surface area contributed by atoms with Crippen molar-refractivity contribution in [3.63, 3.8) is 0 Å². The zero-order chi connectivity index (χ0) is 23.6. The summed E-state index contributed by atoms with van der Waals surface area (Å²) in [7, 11) is -3.92.